The first-order chi connectivity index (χ1) is 11.2. The molecule has 1 aliphatic heterocycles. The SMILES string of the molecule is COC12c3ccccc3C(c3ccccc31)[C@H]1C(=O)NC(=O)[C@H]12. The highest BCUT2D eigenvalue weighted by Crippen LogP contribution is 2.62. The van der Waals surface area contributed by atoms with E-state index in [4.69, 9.17) is 4.74 Å². The van der Waals surface area contributed by atoms with Gasteiger partial charge in [0.25, 0.3) is 0 Å². The molecule has 1 heterocycles. The number of amides is 2. The van der Waals surface area contributed by atoms with Gasteiger partial charge in [0.2, 0.25) is 11.8 Å². The summed E-state index contributed by atoms with van der Waals surface area (Å²) >= 11 is 0. The van der Waals surface area contributed by atoms with Crippen molar-refractivity contribution in [3.05, 3.63) is 70.8 Å². The molecule has 0 aromatic heterocycles. The Morgan fingerprint density at radius 1 is 0.913 bits per heavy atom. The molecule has 4 heteroatoms. The molecule has 114 valence electrons. The fourth-order valence-corrected chi connectivity index (χ4v) is 4.97. The molecule has 6 rings (SSSR count). The monoisotopic (exact) mass is 305 g/mol. The van der Waals surface area contributed by atoms with E-state index in [0.29, 0.717) is 0 Å². The molecular weight excluding hydrogens is 290 g/mol. The van der Waals surface area contributed by atoms with E-state index in [1.165, 1.54) is 0 Å². The summed E-state index contributed by atoms with van der Waals surface area (Å²) < 4.78 is 6.04. The lowest BCUT2D eigenvalue weighted by Crippen LogP contribution is -2.54. The number of carbonyl (C=O) groups is 2. The number of imide groups is 1. The van der Waals surface area contributed by atoms with Crippen LogP contribution in [-0.2, 0) is 19.9 Å². The van der Waals surface area contributed by atoms with Crippen molar-refractivity contribution in [2.45, 2.75) is 11.5 Å². The minimum atomic E-state index is -0.886. The predicted molar refractivity (Wildman–Crippen MR) is 82.6 cm³/mol. The van der Waals surface area contributed by atoms with Gasteiger partial charge in [-0.05, 0) is 22.3 Å². The Hall–Kier alpha value is -2.46. The van der Waals surface area contributed by atoms with Crippen molar-refractivity contribution in [2.24, 2.45) is 11.8 Å². The molecule has 1 saturated heterocycles. The lowest BCUT2D eigenvalue weighted by Gasteiger charge is -2.53. The van der Waals surface area contributed by atoms with Gasteiger partial charge in [-0.3, -0.25) is 14.9 Å². The largest absolute Gasteiger partial charge is 0.368 e. The van der Waals surface area contributed by atoms with Gasteiger partial charge in [0.1, 0.15) is 5.60 Å². The summed E-state index contributed by atoms with van der Waals surface area (Å²) in [5.41, 5.74) is 3.33. The summed E-state index contributed by atoms with van der Waals surface area (Å²) in [5.74, 6) is -1.40. The Kier molecular flexibility index (Phi) is 2.31. The van der Waals surface area contributed by atoms with E-state index in [2.05, 4.69) is 17.4 Å². The topological polar surface area (TPSA) is 55.4 Å². The number of carbonyl (C=O) groups excluding carboxylic acids is 2. The van der Waals surface area contributed by atoms with Crippen LogP contribution in [0, 0.1) is 11.8 Å². The number of ether oxygens (including phenoxy) is 1. The number of nitrogens with one attached hydrogen (secondary N) is 1. The van der Waals surface area contributed by atoms with E-state index < -0.39 is 17.4 Å². The maximum absolute atomic E-state index is 12.6. The molecule has 1 fully saturated rings. The van der Waals surface area contributed by atoms with Crippen LogP contribution < -0.4 is 5.32 Å². The first-order valence-corrected chi connectivity index (χ1v) is 7.79. The molecule has 0 saturated carbocycles. The molecule has 3 aliphatic carbocycles. The average molecular weight is 305 g/mol. The summed E-state index contributed by atoms with van der Waals surface area (Å²) in [7, 11) is 1.63. The molecule has 2 bridgehead atoms. The normalized spacial score (nSPS) is 33.0. The molecule has 2 aromatic carbocycles. The average Bonchev–Trinajstić information content (AvgIpc) is 2.90. The quantitative estimate of drug-likeness (QED) is 0.819. The van der Waals surface area contributed by atoms with Crippen molar-refractivity contribution in [3.8, 4) is 0 Å². The number of rotatable bonds is 1. The van der Waals surface area contributed by atoms with Crippen molar-refractivity contribution in [1.82, 2.24) is 5.32 Å². The van der Waals surface area contributed by atoms with Gasteiger partial charge < -0.3 is 4.74 Å². The Balaban J connectivity index is 1.95. The van der Waals surface area contributed by atoms with E-state index in [1.54, 1.807) is 7.11 Å². The number of hydrogen-bond acceptors (Lipinski definition) is 3. The first-order valence-electron chi connectivity index (χ1n) is 7.79. The van der Waals surface area contributed by atoms with Gasteiger partial charge >= 0.3 is 0 Å². The van der Waals surface area contributed by atoms with Gasteiger partial charge in [0.05, 0.1) is 11.8 Å². The highest BCUT2D eigenvalue weighted by Gasteiger charge is 2.66. The number of hydrogen-bond donors (Lipinski definition) is 1. The molecule has 0 radical (unpaired) electrons. The molecule has 0 spiro atoms. The van der Waals surface area contributed by atoms with Crippen LogP contribution in [0.4, 0.5) is 0 Å². The summed E-state index contributed by atoms with van der Waals surface area (Å²) in [5, 5.41) is 2.53. The zero-order chi connectivity index (χ0) is 15.8. The minimum Gasteiger partial charge on any atom is -0.368 e. The Labute approximate surface area is 133 Å². The summed E-state index contributed by atoms with van der Waals surface area (Å²) in [4.78, 5) is 25.1. The third-order valence-electron chi connectivity index (χ3n) is 5.70. The van der Waals surface area contributed by atoms with Gasteiger partial charge in [0.15, 0.2) is 0 Å². The maximum atomic E-state index is 12.6. The third-order valence-corrected chi connectivity index (χ3v) is 5.70. The van der Waals surface area contributed by atoms with Crippen LogP contribution in [0.3, 0.4) is 0 Å². The Bertz CT molecular complexity index is 825. The van der Waals surface area contributed by atoms with Gasteiger partial charge in [-0.15, -0.1) is 0 Å². The standard InChI is InChI=1S/C19H15NO3/c1-23-19-12-8-4-2-6-10(12)14(11-7-3-5-9-13(11)19)15-16(19)18(22)20-17(15)21/h2-9,14-16H,1H3,(H,20,21,22)/t14?,15-,16+,19?/m1/s1. The van der Waals surface area contributed by atoms with Gasteiger partial charge in [-0.2, -0.15) is 0 Å². The third kappa shape index (κ3) is 1.28. The van der Waals surface area contributed by atoms with Gasteiger partial charge in [-0.25, -0.2) is 0 Å². The second-order valence-electron chi connectivity index (χ2n) is 6.45. The molecule has 1 N–H and O–H groups in total. The summed E-state index contributed by atoms with van der Waals surface area (Å²) in [6.07, 6.45) is 0. The highest BCUT2D eigenvalue weighted by atomic mass is 16.5. The second-order valence-corrected chi connectivity index (χ2v) is 6.45. The summed E-state index contributed by atoms with van der Waals surface area (Å²) in [6, 6.07) is 16.0. The van der Waals surface area contributed by atoms with E-state index in [1.807, 2.05) is 36.4 Å². The summed E-state index contributed by atoms with van der Waals surface area (Å²) in [6.45, 7) is 0. The predicted octanol–water partition coefficient (Wildman–Crippen LogP) is 1.92. The van der Waals surface area contributed by atoms with Crippen molar-refractivity contribution >= 4 is 11.8 Å². The zero-order valence-corrected chi connectivity index (χ0v) is 12.6. The van der Waals surface area contributed by atoms with Crippen molar-refractivity contribution in [3.63, 3.8) is 0 Å². The fourth-order valence-electron chi connectivity index (χ4n) is 4.97. The van der Waals surface area contributed by atoms with Crippen LogP contribution in [0.15, 0.2) is 48.5 Å². The lowest BCUT2D eigenvalue weighted by molar-refractivity contribution is -0.137. The molecule has 2 aromatic rings. The van der Waals surface area contributed by atoms with E-state index in [-0.39, 0.29) is 17.7 Å². The maximum Gasteiger partial charge on any atom is 0.234 e. The van der Waals surface area contributed by atoms with Crippen LogP contribution >= 0.6 is 0 Å². The van der Waals surface area contributed by atoms with E-state index in [0.717, 1.165) is 22.3 Å². The smallest absolute Gasteiger partial charge is 0.234 e. The van der Waals surface area contributed by atoms with E-state index in [9.17, 15) is 9.59 Å². The van der Waals surface area contributed by atoms with Crippen LogP contribution in [0.5, 0.6) is 0 Å². The zero-order valence-electron chi connectivity index (χ0n) is 12.6. The van der Waals surface area contributed by atoms with Crippen LogP contribution in [0.25, 0.3) is 0 Å². The number of methoxy groups -OCH3 is 1. The molecule has 2 atom stereocenters. The molecule has 0 unspecified atom stereocenters. The molecule has 23 heavy (non-hydrogen) atoms. The highest BCUT2D eigenvalue weighted by molar-refractivity contribution is 6.08. The second kappa shape index (κ2) is 4.09. The molecular formula is C19H15NO3. The van der Waals surface area contributed by atoms with Gasteiger partial charge in [0, 0.05) is 13.0 Å². The van der Waals surface area contributed by atoms with Crippen molar-refractivity contribution in [1.29, 1.82) is 0 Å². The van der Waals surface area contributed by atoms with Crippen LogP contribution in [0.2, 0.25) is 0 Å². The first kappa shape index (κ1) is 13.0. The Morgan fingerprint density at radius 2 is 1.48 bits per heavy atom. The van der Waals surface area contributed by atoms with Crippen molar-refractivity contribution < 1.29 is 14.3 Å². The minimum absolute atomic E-state index is 0.0872. The van der Waals surface area contributed by atoms with Crippen LogP contribution in [0.1, 0.15) is 28.2 Å². The van der Waals surface area contributed by atoms with Gasteiger partial charge in [-0.1, -0.05) is 48.5 Å². The lowest BCUT2D eigenvalue weighted by atomic mass is 9.52. The molecule has 4 nitrogen and oxygen atoms in total. The molecule has 4 aliphatic rings. The van der Waals surface area contributed by atoms with E-state index >= 15 is 0 Å². The number of benzene rings is 2. The van der Waals surface area contributed by atoms with Crippen molar-refractivity contribution in [2.75, 3.05) is 7.11 Å². The van der Waals surface area contributed by atoms with Crippen LogP contribution in [-0.4, -0.2) is 18.9 Å². The Morgan fingerprint density at radius 3 is 2.04 bits per heavy atom. The fraction of sp³-hybridized carbons (Fsp3) is 0.263. The molecule has 2 amide bonds.